The van der Waals surface area contributed by atoms with Crippen LogP contribution in [0.2, 0.25) is 5.04 Å². The Hall–Kier alpha value is -5.32. The van der Waals surface area contributed by atoms with Gasteiger partial charge in [-0.3, -0.25) is 14.5 Å². The zero-order valence-electron chi connectivity index (χ0n) is 33.7. The van der Waals surface area contributed by atoms with Gasteiger partial charge in [-0.1, -0.05) is 105 Å². The number of carbonyl (C=O) groups is 2. The number of carbonyl (C=O) groups excluding carboxylic acids is 2. The fraction of sp³-hybridized carbons (Fsp3) is 0.306. The summed E-state index contributed by atoms with van der Waals surface area (Å²) in [6.07, 6.45) is 3.67. The first kappa shape index (κ1) is 39.5. The van der Waals surface area contributed by atoms with Crippen LogP contribution in [0.4, 0.5) is 17.1 Å². The molecule has 3 heterocycles. The number of fused-ring (bicyclic) bond motifs is 3. The molecule has 298 valence electrons. The molecule has 2 fully saturated rings. The molecular weight excluding hydrogens is 741 g/mol. The molecule has 1 aromatic heterocycles. The summed E-state index contributed by atoms with van der Waals surface area (Å²) in [5, 5.41) is 15.0. The summed E-state index contributed by atoms with van der Waals surface area (Å²) >= 11 is 0. The quantitative estimate of drug-likeness (QED) is 0.0699. The van der Waals surface area contributed by atoms with E-state index < -0.39 is 20.2 Å². The lowest BCUT2D eigenvalue weighted by molar-refractivity contribution is -0.122. The van der Waals surface area contributed by atoms with E-state index >= 15 is 0 Å². The summed E-state index contributed by atoms with van der Waals surface area (Å²) < 4.78 is 19.9. The average molecular weight is 793 g/mol. The molecule has 0 saturated carbocycles. The lowest BCUT2D eigenvalue weighted by Crippen LogP contribution is -2.66. The lowest BCUT2D eigenvalue weighted by Gasteiger charge is -2.44. The van der Waals surface area contributed by atoms with E-state index in [0.717, 1.165) is 34.5 Å². The van der Waals surface area contributed by atoms with Crippen LogP contribution in [0.25, 0.3) is 6.08 Å². The molecule has 8 rings (SSSR count). The predicted molar refractivity (Wildman–Crippen MR) is 232 cm³/mol. The van der Waals surface area contributed by atoms with Crippen molar-refractivity contribution >= 4 is 53.6 Å². The molecule has 2 N–H and O–H groups in total. The Kier molecular flexibility index (Phi) is 11.2. The number of nitrogens with one attached hydrogen (secondary N) is 1. The molecule has 0 spiro atoms. The number of ether oxygens (including phenoxy) is 1. The highest BCUT2D eigenvalue weighted by Crippen LogP contribution is 2.51. The van der Waals surface area contributed by atoms with Gasteiger partial charge in [0, 0.05) is 17.3 Å². The number of amides is 2. The second kappa shape index (κ2) is 16.5. The molecule has 1 aliphatic carbocycles. The average Bonchev–Trinajstić information content (AvgIpc) is 3.94. The Morgan fingerprint density at radius 2 is 1.45 bits per heavy atom. The Balaban J connectivity index is 1.13. The van der Waals surface area contributed by atoms with Crippen molar-refractivity contribution in [3.05, 3.63) is 156 Å². The zero-order chi connectivity index (χ0) is 40.4. The molecule has 3 aliphatic rings. The van der Waals surface area contributed by atoms with Gasteiger partial charge in [0.1, 0.15) is 18.1 Å². The molecule has 4 atom stereocenters. The number of aliphatic hydroxyl groups excluding tert-OH is 1. The number of hydrogen-bond donors (Lipinski definition) is 2. The number of hydrogen-bond acceptors (Lipinski definition) is 7. The maximum absolute atomic E-state index is 14.5. The summed E-state index contributed by atoms with van der Waals surface area (Å²) in [4.78, 5) is 30.5. The minimum Gasteiger partial charge on any atom is -0.459 e. The third-order valence-electron chi connectivity index (χ3n) is 12.1. The van der Waals surface area contributed by atoms with E-state index in [9.17, 15) is 14.7 Å². The molecule has 4 aromatic carbocycles. The second-order valence-corrected chi connectivity index (χ2v) is 21.1. The van der Waals surface area contributed by atoms with E-state index in [1.54, 1.807) is 6.07 Å². The van der Waals surface area contributed by atoms with Gasteiger partial charge in [0.2, 0.25) is 11.8 Å². The van der Waals surface area contributed by atoms with Crippen LogP contribution in [0.15, 0.2) is 149 Å². The Morgan fingerprint density at radius 1 is 0.828 bits per heavy atom. The van der Waals surface area contributed by atoms with Crippen LogP contribution in [0, 0.1) is 17.8 Å². The van der Waals surface area contributed by atoms with Gasteiger partial charge < -0.3 is 24.0 Å². The van der Waals surface area contributed by atoms with Crippen molar-refractivity contribution in [2.75, 3.05) is 23.4 Å². The Morgan fingerprint density at radius 3 is 2.05 bits per heavy atom. The van der Waals surface area contributed by atoms with Crippen molar-refractivity contribution < 1.29 is 28.3 Å². The topological polar surface area (TPSA) is 101 Å². The molecule has 2 aliphatic heterocycles. The van der Waals surface area contributed by atoms with Gasteiger partial charge in [0.25, 0.3) is 8.32 Å². The third kappa shape index (κ3) is 7.55. The molecule has 9 heteroatoms. The van der Waals surface area contributed by atoms with Crippen molar-refractivity contribution in [2.45, 2.75) is 64.7 Å². The monoisotopic (exact) mass is 792 g/mol. The number of anilines is 3. The standard InChI is InChI=1S/C49H52N2O6Si/c1-33(28-38-25-26-39(30-52)57-38)20-27-44-45-34(31-56-58(49(2,3)4,40-16-10-6-11-17-40)41-18-12-7-13-19-41)29-42-46(43(45)32-55-44)48(54)51(47(42)53)37-23-21-36(22-24-37)50-35-14-8-5-9-15-35/h5-19,21-26,28,42-44,46,50,52H,20,27,29-32H2,1-4H3/b33-28+/t42-,43+,44-,46-/m1/s1. The minimum absolute atomic E-state index is 0.144. The first-order valence-electron chi connectivity index (χ1n) is 20.3. The van der Waals surface area contributed by atoms with Crippen molar-refractivity contribution in [3.63, 3.8) is 0 Å². The van der Waals surface area contributed by atoms with Crippen LogP contribution in [-0.4, -0.2) is 44.6 Å². The first-order chi connectivity index (χ1) is 28.1. The van der Waals surface area contributed by atoms with Crippen LogP contribution in [0.5, 0.6) is 0 Å². The molecule has 0 radical (unpaired) electrons. The van der Waals surface area contributed by atoms with E-state index in [1.807, 2.05) is 78.9 Å². The zero-order valence-corrected chi connectivity index (χ0v) is 34.7. The van der Waals surface area contributed by atoms with Crippen LogP contribution in [0.3, 0.4) is 0 Å². The van der Waals surface area contributed by atoms with Gasteiger partial charge in [-0.05, 0) is 107 Å². The summed E-state index contributed by atoms with van der Waals surface area (Å²) in [6, 6.07) is 42.3. The van der Waals surface area contributed by atoms with E-state index in [1.165, 1.54) is 15.3 Å². The maximum Gasteiger partial charge on any atom is 0.261 e. The molecule has 5 aromatic rings. The molecular formula is C49H52N2O6Si. The largest absolute Gasteiger partial charge is 0.459 e. The van der Waals surface area contributed by atoms with Crippen LogP contribution in [-0.2, 0) is 25.4 Å². The minimum atomic E-state index is -2.92. The number of aliphatic hydroxyl groups is 1. The normalized spacial score (nSPS) is 21.1. The van der Waals surface area contributed by atoms with Crippen molar-refractivity contribution in [1.29, 1.82) is 0 Å². The van der Waals surface area contributed by atoms with Crippen LogP contribution < -0.4 is 20.6 Å². The molecule has 8 nitrogen and oxygen atoms in total. The van der Waals surface area contributed by atoms with Crippen LogP contribution in [0.1, 0.15) is 58.5 Å². The predicted octanol–water partition coefficient (Wildman–Crippen LogP) is 8.80. The van der Waals surface area contributed by atoms with E-state index in [2.05, 4.69) is 81.5 Å². The van der Waals surface area contributed by atoms with Gasteiger partial charge in [-0.25, -0.2) is 0 Å². The van der Waals surface area contributed by atoms with Gasteiger partial charge in [-0.15, -0.1) is 0 Å². The third-order valence-corrected chi connectivity index (χ3v) is 17.1. The van der Waals surface area contributed by atoms with Crippen molar-refractivity contribution in [1.82, 2.24) is 0 Å². The number of imide groups is 1. The van der Waals surface area contributed by atoms with Gasteiger partial charge >= 0.3 is 0 Å². The summed E-state index contributed by atoms with van der Waals surface area (Å²) in [7, 11) is -2.92. The van der Waals surface area contributed by atoms with Crippen molar-refractivity contribution in [2.24, 2.45) is 17.8 Å². The highest BCUT2D eigenvalue weighted by molar-refractivity contribution is 6.99. The summed E-state index contributed by atoms with van der Waals surface area (Å²) in [5.74, 6) is -0.353. The van der Waals surface area contributed by atoms with Crippen molar-refractivity contribution in [3.8, 4) is 0 Å². The number of benzene rings is 4. The molecule has 58 heavy (non-hydrogen) atoms. The lowest BCUT2D eigenvalue weighted by atomic mass is 9.69. The Bertz CT molecular complexity index is 2260. The van der Waals surface area contributed by atoms with Gasteiger partial charge in [0.05, 0.1) is 36.8 Å². The fourth-order valence-electron chi connectivity index (χ4n) is 9.43. The summed E-state index contributed by atoms with van der Waals surface area (Å²) in [5.41, 5.74) is 5.72. The van der Waals surface area contributed by atoms with Crippen LogP contribution >= 0.6 is 0 Å². The van der Waals surface area contributed by atoms with E-state index in [0.29, 0.717) is 43.3 Å². The summed E-state index contributed by atoms with van der Waals surface area (Å²) in [6.45, 7) is 9.46. The van der Waals surface area contributed by atoms with Gasteiger partial charge in [0.15, 0.2) is 0 Å². The first-order valence-corrected chi connectivity index (χ1v) is 22.2. The smallest absolute Gasteiger partial charge is 0.261 e. The highest BCUT2D eigenvalue weighted by Gasteiger charge is 2.58. The second-order valence-electron chi connectivity index (χ2n) is 16.8. The highest BCUT2D eigenvalue weighted by atomic mass is 28.4. The molecule has 0 unspecified atom stereocenters. The van der Waals surface area contributed by atoms with E-state index in [-0.39, 0.29) is 35.5 Å². The number of para-hydroxylation sites is 1. The number of rotatable bonds is 13. The van der Waals surface area contributed by atoms with E-state index in [4.69, 9.17) is 13.6 Å². The van der Waals surface area contributed by atoms with Gasteiger partial charge in [-0.2, -0.15) is 0 Å². The number of allylic oxidation sites excluding steroid dienone is 1. The number of nitrogens with zero attached hydrogens (tertiary/aromatic N) is 1. The Labute approximate surface area is 342 Å². The fourth-order valence-corrected chi connectivity index (χ4v) is 14.0. The molecule has 0 bridgehead atoms. The molecule has 2 amide bonds. The number of furan rings is 1. The SMILES string of the molecule is C/C(=C\c1ccc(CO)o1)CC[C@H]1OC[C@H]2C1=C(CO[Si](c1ccccc1)(c1ccccc1)C(C)(C)C)C[C@H]1C(=O)N(c3ccc(Nc4ccccc4)cc3)C(=O)[C@H]12. The molecule has 2 saturated heterocycles. The maximum atomic E-state index is 14.5.